The van der Waals surface area contributed by atoms with Crippen molar-refractivity contribution < 1.29 is 13.2 Å². The second kappa shape index (κ2) is 4.53. The van der Waals surface area contributed by atoms with Gasteiger partial charge in [-0.3, -0.25) is 4.90 Å². The van der Waals surface area contributed by atoms with Crippen LogP contribution >= 0.6 is 0 Å². The molecule has 1 saturated heterocycles. The topological polar surface area (TPSA) is 29.3 Å². The average Bonchev–Trinajstić information content (AvgIpc) is 3.02. The number of nitrogens with two attached hydrogens (primary N) is 1. The first-order chi connectivity index (χ1) is 7.52. The summed E-state index contributed by atoms with van der Waals surface area (Å²) in [6.45, 7) is 1.43. The molecule has 0 aromatic heterocycles. The Balaban J connectivity index is 1.95. The van der Waals surface area contributed by atoms with Gasteiger partial charge < -0.3 is 5.73 Å². The number of nitrogens with zero attached hydrogens (tertiary/aromatic N) is 1. The predicted octanol–water partition coefficient (Wildman–Crippen LogP) is 2.00. The molecule has 2 N–H and O–H groups in total. The van der Waals surface area contributed by atoms with Gasteiger partial charge in [-0.2, -0.15) is 13.2 Å². The first-order valence-electron chi connectivity index (χ1n) is 6.03. The summed E-state index contributed by atoms with van der Waals surface area (Å²) < 4.78 is 37.9. The van der Waals surface area contributed by atoms with Crippen LogP contribution in [0.5, 0.6) is 0 Å². The largest absolute Gasteiger partial charge is 0.393 e. The summed E-state index contributed by atoms with van der Waals surface area (Å²) in [5.74, 6) is -0.592. The Morgan fingerprint density at radius 3 is 2.44 bits per heavy atom. The van der Waals surface area contributed by atoms with Gasteiger partial charge in [0.15, 0.2) is 0 Å². The van der Waals surface area contributed by atoms with Crippen LogP contribution in [0.15, 0.2) is 0 Å². The SMILES string of the molecule is NCC(C1CC1)N1CCCC(C(F)(F)F)C1. The number of rotatable bonds is 3. The lowest BCUT2D eigenvalue weighted by atomic mass is 9.95. The highest BCUT2D eigenvalue weighted by Gasteiger charge is 2.44. The van der Waals surface area contributed by atoms with E-state index in [-0.39, 0.29) is 19.0 Å². The molecule has 0 aromatic carbocycles. The molecular weight excluding hydrogens is 217 g/mol. The van der Waals surface area contributed by atoms with Crippen molar-refractivity contribution in [3.63, 3.8) is 0 Å². The molecule has 1 saturated carbocycles. The van der Waals surface area contributed by atoms with E-state index in [4.69, 9.17) is 5.73 Å². The van der Waals surface area contributed by atoms with Gasteiger partial charge in [-0.15, -0.1) is 0 Å². The Morgan fingerprint density at radius 1 is 1.25 bits per heavy atom. The molecule has 2 aliphatic rings. The van der Waals surface area contributed by atoms with Crippen LogP contribution in [0.1, 0.15) is 25.7 Å². The van der Waals surface area contributed by atoms with E-state index >= 15 is 0 Å². The molecule has 2 rings (SSSR count). The van der Waals surface area contributed by atoms with Crippen molar-refractivity contribution in [3.05, 3.63) is 0 Å². The van der Waals surface area contributed by atoms with E-state index < -0.39 is 12.1 Å². The zero-order chi connectivity index (χ0) is 11.8. The summed E-state index contributed by atoms with van der Waals surface area (Å²) in [6.07, 6.45) is -0.846. The van der Waals surface area contributed by atoms with Crippen LogP contribution in [-0.4, -0.2) is 36.8 Å². The first kappa shape index (κ1) is 12.2. The molecule has 0 bridgehead atoms. The molecule has 0 spiro atoms. The fraction of sp³-hybridized carbons (Fsp3) is 1.00. The van der Waals surface area contributed by atoms with Crippen LogP contribution in [0, 0.1) is 11.8 Å². The van der Waals surface area contributed by atoms with Gasteiger partial charge in [0.05, 0.1) is 5.92 Å². The van der Waals surface area contributed by atoms with Crippen molar-refractivity contribution >= 4 is 0 Å². The van der Waals surface area contributed by atoms with Gasteiger partial charge in [-0.25, -0.2) is 0 Å². The minimum Gasteiger partial charge on any atom is -0.329 e. The minimum atomic E-state index is -4.04. The van der Waals surface area contributed by atoms with Crippen LogP contribution in [0.25, 0.3) is 0 Å². The van der Waals surface area contributed by atoms with Crippen molar-refractivity contribution in [2.24, 2.45) is 17.6 Å². The van der Waals surface area contributed by atoms with E-state index in [1.165, 1.54) is 0 Å². The fourth-order valence-corrected chi connectivity index (χ4v) is 2.70. The maximum Gasteiger partial charge on any atom is 0.393 e. The van der Waals surface area contributed by atoms with Crippen LogP contribution in [0.4, 0.5) is 13.2 Å². The van der Waals surface area contributed by atoms with Gasteiger partial charge in [0, 0.05) is 19.1 Å². The number of alkyl halides is 3. The third-order valence-electron chi connectivity index (χ3n) is 3.79. The van der Waals surface area contributed by atoms with Crippen molar-refractivity contribution in [2.75, 3.05) is 19.6 Å². The second-order valence-electron chi connectivity index (χ2n) is 5.02. The Labute approximate surface area is 94.0 Å². The minimum absolute atomic E-state index is 0.155. The van der Waals surface area contributed by atoms with E-state index in [1.54, 1.807) is 0 Å². The molecule has 2 atom stereocenters. The van der Waals surface area contributed by atoms with Gasteiger partial charge in [-0.1, -0.05) is 0 Å². The van der Waals surface area contributed by atoms with Gasteiger partial charge in [-0.05, 0) is 38.1 Å². The first-order valence-corrected chi connectivity index (χ1v) is 6.03. The summed E-state index contributed by atoms with van der Waals surface area (Å²) in [5, 5.41) is 0. The standard InChI is InChI=1S/C11H19F3N2/c12-11(13,14)9-2-1-5-16(7-9)10(6-15)8-3-4-8/h8-10H,1-7,15H2. The smallest absolute Gasteiger partial charge is 0.329 e. The van der Waals surface area contributed by atoms with Gasteiger partial charge in [0.2, 0.25) is 0 Å². The summed E-state index contributed by atoms with van der Waals surface area (Å²) in [6, 6.07) is 0.185. The average molecular weight is 236 g/mol. The van der Waals surface area contributed by atoms with E-state index in [0.717, 1.165) is 19.4 Å². The molecule has 2 unspecified atom stereocenters. The number of likely N-dealkylation sites (tertiary alicyclic amines) is 1. The predicted molar refractivity (Wildman–Crippen MR) is 55.9 cm³/mol. The lowest BCUT2D eigenvalue weighted by Crippen LogP contribution is -2.50. The maximum absolute atomic E-state index is 12.6. The third kappa shape index (κ3) is 2.69. The summed E-state index contributed by atoms with van der Waals surface area (Å²) >= 11 is 0. The van der Waals surface area contributed by atoms with Crippen molar-refractivity contribution in [2.45, 2.75) is 37.9 Å². The highest BCUT2D eigenvalue weighted by molar-refractivity contribution is 4.91. The Morgan fingerprint density at radius 2 is 1.94 bits per heavy atom. The summed E-state index contributed by atoms with van der Waals surface area (Å²) in [4.78, 5) is 1.97. The van der Waals surface area contributed by atoms with E-state index in [1.807, 2.05) is 4.90 Å². The Bertz CT molecular complexity index is 238. The second-order valence-corrected chi connectivity index (χ2v) is 5.02. The number of hydrogen-bond donors (Lipinski definition) is 1. The normalized spacial score (nSPS) is 30.4. The van der Waals surface area contributed by atoms with Crippen LogP contribution in [0.2, 0.25) is 0 Å². The van der Waals surface area contributed by atoms with Crippen molar-refractivity contribution in [1.29, 1.82) is 0 Å². The van der Waals surface area contributed by atoms with Crippen LogP contribution in [0.3, 0.4) is 0 Å². The molecule has 1 aliphatic heterocycles. The zero-order valence-corrected chi connectivity index (χ0v) is 9.34. The van der Waals surface area contributed by atoms with Crippen LogP contribution < -0.4 is 5.73 Å². The molecule has 94 valence electrons. The van der Waals surface area contributed by atoms with E-state index in [2.05, 4.69) is 0 Å². The van der Waals surface area contributed by atoms with E-state index in [9.17, 15) is 13.2 Å². The molecular formula is C11H19F3N2. The van der Waals surface area contributed by atoms with Crippen LogP contribution in [-0.2, 0) is 0 Å². The molecule has 0 amide bonds. The van der Waals surface area contributed by atoms with Crippen molar-refractivity contribution in [3.8, 4) is 0 Å². The quantitative estimate of drug-likeness (QED) is 0.812. The number of hydrogen-bond acceptors (Lipinski definition) is 2. The number of piperidine rings is 1. The number of halogens is 3. The molecule has 1 heterocycles. The van der Waals surface area contributed by atoms with Gasteiger partial charge in [0.25, 0.3) is 0 Å². The van der Waals surface area contributed by atoms with Gasteiger partial charge >= 0.3 is 6.18 Å². The molecule has 16 heavy (non-hydrogen) atoms. The summed E-state index contributed by atoms with van der Waals surface area (Å²) in [7, 11) is 0. The molecule has 5 heteroatoms. The zero-order valence-electron chi connectivity index (χ0n) is 9.34. The lowest BCUT2D eigenvalue weighted by molar-refractivity contribution is -0.188. The van der Waals surface area contributed by atoms with Gasteiger partial charge in [0.1, 0.15) is 0 Å². The molecule has 2 nitrogen and oxygen atoms in total. The maximum atomic E-state index is 12.6. The summed E-state index contributed by atoms with van der Waals surface area (Å²) in [5.41, 5.74) is 5.68. The molecule has 1 aliphatic carbocycles. The monoisotopic (exact) mass is 236 g/mol. The Kier molecular flexibility index (Phi) is 3.45. The lowest BCUT2D eigenvalue weighted by Gasteiger charge is -2.38. The molecule has 0 aromatic rings. The molecule has 0 radical (unpaired) electrons. The highest BCUT2D eigenvalue weighted by Crippen LogP contribution is 2.39. The fourth-order valence-electron chi connectivity index (χ4n) is 2.70. The van der Waals surface area contributed by atoms with Crippen molar-refractivity contribution in [1.82, 2.24) is 4.90 Å². The third-order valence-corrected chi connectivity index (χ3v) is 3.79. The highest BCUT2D eigenvalue weighted by atomic mass is 19.4. The van der Waals surface area contributed by atoms with E-state index in [0.29, 0.717) is 18.9 Å². The molecule has 2 fully saturated rings. The Hall–Kier alpha value is -0.290.